The van der Waals surface area contributed by atoms with Crippen molar-refractivity contribution in [3.63, 3.8) is 0 Å². The Balaban J connectivity index is -0.00000000750. The fraction of sp³-hybridized carbons (Fsp3) is 0. The van der Waals surface area contributed by atoms with Gasteiger partial charge in [-0.05, 0) is 0 Å². The van der Waals surface area contributed by atoms with Crippen LogP contribution in [0.3, 0.4) is 0 Å². The Morgan fingerprint density at radius 3 is 1.83 bits per heavy atom. The Labute approximate surface area is 53.2 Å². The molecule has 0 spiro atoms. The largest absolute Gasteiger partial charge is 2.00 e. The van der Waals surface area contributed by atoms with Crippen molar-refractivity contribution in [1.29, 1.82) is 0 Å². The normalized spacial score (nSPS) is 4.00. The van der Waals surface area contributed by atoms with Crippen LogP contribution in [-0.4, -0.2) is 33.3 Å². The summed E-state index contributed by atoms with van der Waals surface area (Å²) in [5, 5.41) is 13.6. The van der Waals surface area contributed by atoms with Gasteiger partial charge in [0.2, 0.25) is 0 Å². The first kappa shape index (κ1) is 16.8. The van der Waals surface area contributed by atoms with Crippen molar-refractivity contribution in [1.82, 2.24) is 6.15 Å². The van der Waals surface area contributed by atoms with Gasteiger partial charge < -0.3 is 14.2 Å². The molecular formula is H6MgN2O3. The number of hydrogen-bond acceptors (Lipinski definition) is 3. The molecule has 0 rings (SSSR count). The van der Waals surface area contributed by atoms with E-state index in [-0.39, 0.29) is 32.1 Å². The van der Waals surface area contributed by atoms with E-state index in [1.54, 1.807) is 0 Å². The standard InChI is InChI=1S/Mg.HNO3.H3N.2H/c;2-1(3)4;;;/h;(H,2,3,4);1H3;;/q+2;;;2*-1. The monoisotopic (exact) mass is 106 g/mol. The molecule has 0 amide bonds. The van der Waals surface area contributed by atoms with Crippen LogP contribution >= 0.6 is 0 Å². The van der Waals surface area contributed by atoms with Crippen LogP contribution in [0.2, 0.25) is 0 Å². The Hall–Kier alpha value is -0.0738. The molecule has 0 unspecified atom stereocenters. The molecule has 0 heterocycles. The van der Waals surface area contributed by atoms with E-state index in [0.717, 1.165) is 0 Å². The summed E-state index contributed by atoms with van der Waals surface area (Å²) in [4.78, 5) is 8.36. The molecule has 36 valence electrons. The molecule has 0 aromatic heterocycles. The molecule has 0 bridgehead atoms. The first-order chi connectivity index (χ1) is 1.73. The third-order valence-electron chi connectivity index (χ3n) is 0. The minimum atomic E-state index is -1.50. The van der Waals surface area contributed by atoms with E-state index in [0.29, 0.717) is 0 Å². The summed E-state index contributed by atoms with van der Waals surface area (Å²) >= 11 is 0. The van der Waals surface area contributed by atoms with Gasteiger partial charge in [0.15, 0.2) is 0 Å². The molecule has 6 heavy (non-hydrogen) atoms. The summed E-state index contributed by atoms with van der Waals surface area (Å²) < 4.78 is 0. The Morgan fingerprint density at radius 2 is 1.83 bits per heavy atom. The van der Waals surface area contributed by atoms with Gasteiger partial charge in [-0.2, -0.15) is 0 Å². The van der Waals surface area contributed by atoms with Crippen molar-refractivity contribution >= 4 is 23.1 Å². The summed E-state index contributed by atoms with van der Waals surface area (Å²) in [7, 11) is 0. The SMILES string of the molecule is N.O=[N+]([O-])O.[H-].[H-].[Mg+2]. The molecule has 0 aromatic rings. The zero-order valence-electron chi connectivity index (χ0n) is 5.13. The molecule has 0 aliphatic carbocycles. The Kier molecular flexibility index (Phi) is 24.8. The Bertz CT molecular complexity index is 38.3. The second-order valence-corrected chi connectivity index (χ2v) is 0.238. The fourth-order valence-corrected chi connectivity index (χ4v) is 0. The van der Waals surface area contributed by atoms with Crippen LogP contribution in [0.1, 0.15) is 2.85 Å². The van der Waals surface area contributed by atoms with Crippen LogP contribution in [0.4, 0.5) is 0 Å². The van der Waals surface area contributed by atoms with E-state index in [9.17, 15) is 0 Å². The smallest absolute Gasteiger partial charge is 1.00 e. The first-order valence-corrected chi connectivity index (χ1v) is 0.565. The second-order valence-electron chi connectivity index (χ2n) is 0.238. The molecule has 5 nitrogen and oxygen atoms in total. The number of nitrogens with zero attached hydrogens (tertiary/aromatic N) is 1. The molecule has 0 fully saturated rings. The van der Waals surface area contributed by atoms with E-state index in [4.69, 9.17) is 15.3 Å². The molecule has 0 aliphatic rings. The van der Waals surface area contributed by atoms with Crippen molar-refractivity contribution in [2.24, 2.45) is 0 Å². The van der Waals surface area contributed by atoms with Crippen molar-refractivity contribution in [3.8, 4) is 0 Å². The third-order valence-corrected chi connectivity index (χ3v) is 0. The molecule has 0 aromatic carbocycles. The van der Waals surface area contributed by atoms with Gasteiger partial charge in [0.1, 0.15) is 0 Å². The van der Waals surface area contributed by atoms with Crippen LogP contribution in [-0.2, 0) is 0 Å². The fourth-order valence-electron chi connectivity index (χ4n) is 0. The Morgan fingerprint density at radius 1 is 1.83 bits per heavy atom. The molecule has 0 atom stereocenters. The van der Waals surface area contributed by atoms with Crippen molar-refractivity contribution < 1.29 is 13.1 Å². The van der Waals surface area contributed by atoms with Gasteiger partial charge in [-0.3, -0.25) is 0 Å². The summed E-state index contributed by atoms with van der Waals surface area (Å²) in [5.74, 6) is 0. The number of rotatable bonds is 0. The summed E-state index contributed by atoms with van der Waals surface area (Å²) in [6, 6.07) is 0. The average molecular weight is 106 g/mol. The zero-order valence-corrected chi connectivity index (χ0v) is 4.54. The van der Waals surface area contributed by atoms with Crippen LogP contribution in [0.15, 0.2) is 0 Å². The topological polar surface area (TPSA) is 98.4 Å². The van der Waals surface area contributed by atoms with Crippen LogP contribution < -0.4 is 6.15 Å². The van der Waals surface area contributed by atoms with Crippen LogP contribution in [0, 0.1) is 10.1 Å². The van der Waals surface area contributed by atoms with Crippen LogP contribution in [0.5, 0.6) is 0 Å². The minimum absolute atomic E-state index is 0. The molecule has 0 aliphatic heterocycles. The average Bonchev–Trinajstić information content (AvgIpc) is 0.811. The summed E-state index contributed by atoms with van der Waals surface area (Å²) in [6.07, 6.45) is 0. The van der Waals surface area contributed by atoms with E-state index >= 15 is 0 Å². The van der Waals surface area contributed by atoms with Gasteiger partial charge in [0.05, 0.1) is 0 Å². The zero-order chi connectivity index (χ0) is 3.58. The second kappa shape index (κ2) is 8.87. The van der Waals surface area contributed by atoms with Gasteiger partial charge in [0.25, 0.3) is 5.09 Å². The molecular weight excluding hydrogens is 100 g/mol. The van der Waals surface area contributed by atoms with E-state index in [2.05, 4.69) is 0 Å². The summed E-state index contributed by atoms with van der Waals surface area (Å²) in [6.45, 7) is 0. The summed E-state index contributed by atoms with van der Waals surface area (Å²) in [5.41, 5.74) is 0. The predicted molar refractivity (Wildman–Crippen MR) is 21.8 cm³/mol. The number of hydrogen-bond donors (Lipinski definition) is 2. The molecule has 6 heteroatoms. The van der Waals surface area contributed by atoms with Gasteiger partial charge in [-0.15, -0.1) is 10.1 Å². The molecule has 4 N–H and O–H groups in total. The molecule has 0 radical (unpaired) electrons. The maximum atomic E-state index is 8.36. The van der Waals surface area contributed by atoms with Gasteiger partial charge in [0, 0.05) is 0 Å². The molecule has 0 saturated carbocycles. The van der Waals surface area contributed by atoms with E-state index < -0.39 is 5.09 Å². The van der Waals surface area contributed by atoms with E-state index in [1.807, 2.05) is 0 Å². The maximum Gasteiger partial charge on any atom is 2.00 e. The minimum Gasteiger partial charge on any atom is -1.00 e. The van der Waals surface area contributed by atoms with Crippen LogP contribution in [0.25, 0.3) is 0 Å². The van der Waals surface area contributed by atoms with Crippen molar-refractivity contribution in [2.45, 2.75) is 0 Å². The van der Waals surface area contributed by atoms with Crippen molar-refractivity contribution in [2.75, 3.05) is 0 Å². The predicted octanol–water partition coefficient (Wildman–Crippen LogP) is -0.342. The van der Waals surface area contributed by atoms with Crippen molar-refractivity contribution in [3.05, 3.63) is 10.1 Å². The first-order valence-electron chi connectivity index (χ1n) is 0.565. The van der Waals surface area contributed by atoms with Gasteiger partial charge >= 0.3 is 23.1 Å². The van der Waals surface area contributed by atoms with E-state index in [1.165, 1.54) is 0 Å². The maximum absolute atomic E-state index is 8.36. The van der Waals surface area contributed by atoms with Gasteiger partial charge in [-0.25, -0.2) is 0 Å². The van der Waals surface area contributed by atoms with Gasteiger partial charge in [-0.1, -0.05) is 0 Å². The third kappa shape index (κ3) is 6180. The quantitative estimate of drug-likeness (QED) is 0.251. The molecule has 0 saturated heterocycles.